The molecule has 5 N–H and O–H groups in total. The van der Waals surface area contributed by atoms with Gasteiger partial charge in [-0.05, 0) is 25.2 Å². The van der Waals surface area contributed by atoms with E-state index in [0.717, 1.165) is 0 Å². The number of hydrogen-bond acceptors (Lipinski definition) is 5. The third-order valence-electron chi connectivity index (χ3n) is 2.32. The van der Waals surface area contributed by atoms with Crippen molar-refractivity contribution in [2.75, 3.05) is 31.7 Å². The molecule has 1 aromatic rings. The maximum Gasteiger partial charge on any atom is 0.240 e. The Morgan fingerprint density at radius 2 is 2.00 bits per heavy atom. The lowest BCUT2D eigenvalue weighted by Gasteiger charge is -2.10. The van der Waals surface area contributed by atoms with Crippen molar-refractivity contribution in [3.8, 4) is 0 Å². The summed E-state index contributed by atoms with van der Waals surface area (Å²) in [4.78, 5) is 11.2. The molecule has 0 spiro atoms. The van der Waals surface area contributed by atoms with Crippen molar-refractivity contribution in [3.63, 3.8) is 0 Å². The van der Waals surface area contributed by atoms with E-state index in [0.29, 0.717) is 11.4 Å². The minimum atomic E-state index is -3.53. The topological polar surface area (TPSA) is 113 Å². The van der Waals surface area contributed by atoms with Crippen LogP contribution in [-0.4, -0.2) is 35.0 Å². The molecule has 1 aromatic carbocycles. The highest BCUT2D eigenvalue weighted by atomic mass is 32.2. The number of nitrogen functional groups attached to an aromatic ring is 1. The number of sulfonamides is 1. The lowest BCUT2D eigenvalue weighted by atomic mass is 10.2. The van der Waals surface area contributed by atoms with Crippen molar-refractivity contribution in [3.05, 3.63) is 18.2 Å². The Labute approximate surface area is 106 Å². The van der Waals surface area contributed by atoms with Gasteiger partial charge >= 0.3 is 0 Å². The summed E-state index contributed by atoms with van der Waals surface area (Å²) in [5.74, 6) is -0.226. The molecular formula is C10H16N4O3S. The van der Waals surface area contributed by atoms with Gasteiger partial charge in [0.1, 0.15) is 0 Å². The number of carbonyl (C=O) groups is 1. The molecule has 0 aliphatic heterocycles. The largest absolute Gasteiger partial charge is 0.397 e. The van der Waals surface area contributed by atoms with E-state index in [1.54, 1.807) is 0 Å². The minimum absolute atomic E-state index is 0.0176. The van der Waals surface area contributed by atoms with Crippen LogP contribution in [0.2, 0.25) is 0 Å². The summed E-state index contributed by atoms with van der Waals surface area (Å²) >= 11 is 0. The lowest BCUT2D eigenvalue weighted by molar-refractivity contribution is -0.118. The summed E-state index contributed by atoms with van der Waals surface area (Å²) in [6.07, 6.45) is 0. The van der Waals surface area contributed by atoms with Gasteiger partial charge in [-0.2, -0.15) is 0 Å². The number of likely N-dealkylation sites (N-methyl/N-ethyl adjacent to an activating group) is 1. The number of amides is 1. The molecule has 0 radical (unpaired) electrons. The van der Waals surface area contributed by atoms with Gasteiger partial charge in [0.15, 0.2) is 0 Å². The molecule has 0 saturated carbocycles. The zero-order valence-corrected chi connectivity index (χ0v) is 11.0. The zero-order chi connectivity index (χ0) is 13.8. The highest BCUT2D eigenvalue weighted by Crippen LogP contribution is 2.22. The zero-order valence-electron chi connectivity index (χ0n) is 10.1. The van der Waals surface area contributed by atoms with Crippen molar-refractivity contribution >= 4 is 27.3 Å². The fourth-order valence-electron chi connectivity index (χ4n) is 1.24. The van der Waals surface area contributed by atoms with Crippen LogP contribution >= 0.6 is 0 Å². The van der Waals surface area contributed by atoms with E-state index in [2.05, 4.69) is 15.4 Å². The smallest absolute Gasteiger partial charge is 0.240 e. The highest BCUT2D eigenvalue weighted by molar-refractivity contribution is 7.89. The average molecular weight is 272 g/mol. The third-order valence-corrected chi connectivity index (χ3v) is 3.73. The molecule has 100 valence electrons. The molecule has 0 aromatic heterocycles. The summed E-state index contributed by atoms with van der Waals surface area (Å²) in [6.45, 7) is 0.0176. The summed E-state index contributed by atoms with van der Waals surface area (Å²) in [5, 5.41) is 5.21. The number of nitrogens with one attached hydrogen (secondary N) is 3. The Kier molecular flexibility index (Phi) is 4.51. The molecule has 0 fully saturated rings. The van der Waals surface area contributed by atoms with Crippen LogP contribution in [0.1, 0.15) is 0 Å². The fraction of sp³-hybridized carbons (Fsp3) is 0.300. The number of carbonyl (C=O) groups excluding carboxylic acids is 1. The summed E-state index contributed by atoms with van der Waals surface area (Å²) < 4.78 is 25.4. The van der Waals surface area contributed by atoms with Crippen LogP contribution in [0, 0.1) is 0 Å². The second kappa shape index (κ2) is 5.69. The summed E-state index contributed by atoms with van der Waals surface area (Å²) in [7, 11) is -0.696. The van der Waals surface area contributed by atoms with Crippen LogP contribution in [0.15, 0.2) is 23.1 Å². The molecule has 18 heavy (non-hydrogen) atoms. The van der Waals surface area contributed by atoms with E-state index in [1.165, 1.54) is 32.3 Å². The highest BCUT2D eigenvalue weighted by Gasteiger charge is 2.13. The molecule has 8 heteroatoms. The number of hydrogen-bond donors (Lipinski definition) is 4. The van der Waals surface area contributed by atoms with Gasteiger partial charge in [0.25, 0.3) is 0 Å². The standard InChI is InChI=1S/C10H16N4O3S/c1-12-10(15)6-14-9-5-7(3-4-8(9)11)18(16,17)13-2/h3-5,13-14H,6,11H2,1-2H3,(H,12,15). The van der Waals surface area contributed by atoms with Gasteiger partial charge in [-0.15, -0.1) is 0 Å². The van der Waals surface area contributed by atoms with E-state index >= 15 is 0 Å². The van der Waals surface area contributed by atoms with Crippen molar-refractivity contribution < 1.29 is 13.2 Å². The Balaban J connectivity index is 2.99. The van der Waals surface area contributed by atoms with E-state index in [9.17, 15) is 13.2 Å². The second-order valence-corrected chi connectivity index (χ2v) is 5.37. The van der Waals surface area contributed by atoms with Crippen LogP contribution in [0.5, 0.6) is 0 Å². The van der Waals surface area contributed by atoms with E-state index in [4.69, 9.17) is 5.73 Å². The molecule has 7 nitrogen and oxygen atoms in total. The SMILES string of the molecule is CNC(=O)CNc1cc(S(=O)(=O)NC)ccc1N. The van der Waals surface area contributed by atoms with Gasteiger partial charge in [0.05, 0.1) is 22.8 Å². The summed E-state index contributed by atoms with van der Waals surface area (Å²) in [5.41, 5.74) is 6.46. The lowest BCUT2D eigenvalue weighted by Crippen LogP contribution is -2.26. The molecular weight excluding hydrogens is 256 g/mol. The van der Waals surface area contributed by atoms with Gasteiger partial charge in [-0.3, -0.25) is 4.79 Å². The van der Waals surface area contributed by atoms with E-state index in [-0.39, 0.29) is 17.3 Å². The predicted molar refractivity (Wildman–Crippen MR) is 69.7 cm³/mol. The van der Waals surface area contributed by atoms with E-state index < -0.39 is 10.0 Å². The Morgan fingerprint density at radius 1 is 1.33 bits per heavy atom. The molecule has 0 atom stereocenters. The average Bonchev–Trinajstić information content (AvgIpc) is 2.37. The predicted octanol–water partition coefficient (Wildman–Crippen LogP) is -0.665. The first-order chi connectivity index (χ1) is 8.40. The van der Waals surface area contributed by atoms with Crippen LogP contribution in [0.3, 0.4) is 0 Å². The quantitative estimate of drug-likeness (QED) is 0.531. The van der Waals surface area contributed by atoms with Gasteiger partial charge in [-0.1, -0.05) is 0 Å². The molecule has 0 aliphatic carbocycles. The maximum absolute atomic E-state index is 11.6. The monoisotopic (exact) mass is 272 g/mol. The first-order valence-corrected chi connectivity index (χ1v) is 6.66. The third kappa shape index (κ3) is 3.34. The number of nitrogens with two attached hydrogens (primary N) is 1. The van der Waals surface area contributed by atoms with Gasteiger partial charge < -0.3 is 16.4 Å². The Bertz CT molecular complexity index is 542. The minimum Gasteiger partial charge on any atom is -0.397 e. The normalized spacial score (nSPS) is 11.0. The molecule has 0 saturated heterocycles. The summed E-state index contributed by atoms with van der Waals surface area (Å²) in [6, 6.07) is 4.24. The molecule has 0 aliphatic rings. The van der Waals surface area contributed by atoms with Gasteiger partial charge in [0, 0.05) is 7.05 Å². The van der Waals surface area contributed by atoms with Crippen LogP contribution < -0.4 is 21.1 Å². The van der Waals surface area contributed by atoms with Crippen LogP contribution in [0.4, 0.5) is 11.4 Å². The first kappa shape index (κ1) is 14.3. The van der Waals surface area contributed by atoms with Crippen molar-refractivity contribution in [2.45, 2.75) is 4.90 Å². The number of rotatable bonds is 5. The molecule has 0 heterocycles. The second-order valence-electron chi connectivity index (χ2n) is 3.48. The maximum atomic E-state index is 11.6. The van der Waals surface area contributed by atoms with Gasteiger partial charge in [0.2, 0.25) is 15.9 Å². The van der Waals surface area contributed by atoms with Crippen LogP contribution in [0.25, 0.3) is 0 Å². The molecule has 0 unspecified atom stereocenters. The Morgan fingerprint density at radius 3 is 2.56 bits per heavy atom. The van der Waals surface area contributed by atoms with E-state index in [1.807, 2.05) is 0 Å². The van der Waals surface area contributed by atoms with Crippen molar-refractivity contribution in [1.82, 2.24) is 10.0 Å². The molecule has 1 amide bonds. The van der Waals surface area contributed by atoms with Crippen molar-refractivity contribution in [1.29, 1.82) is 0 Å². The first-order valence-electron chi connectivity index (χ1n) is 5.18. The van der Waals surface area contributed by atoms with Crippen molar-refractivity contribution in [2.24, 2.45) is 0 Å². The molecule has 1 rings (SSSR count). The molecule has 0 bridgehead atoms. The van der Waals surface area contributed by atoms with Crippen LogP contribution in [-0.2, 0) is 14.8 Å². The van der Waals surface area contributed by atoms with Gasteiger partial charge in [-0.25, -0.2) is 13.1 Å². The number of anilines is 2. The number of benzene rings is 1. The fourth-order valence-corrected chi connectivity index (χ4v) is 1.99. The Hall–Kier alpha value is -1.80.